The van der Waals surface area contributed by atoms with Crippen LogP contribution in [0.4, 0.5) is 0 Å². The molecule has 0 atom stereocenters. The number of hydrogen-bond donors (Lipinski definition) is 0. The quantitative estimate of drug-likeness (QED) is 0.849. The molecule has 0 saturated heterocycles. The van der Waals surface area contributed by atoms with Crippen LogP contribution in [0, 0.1) is 0 Å². The maximum atomic E-state index is 12.0. The van der Waals surface area contributed by atoms with E-state index in [2.05, 4.69) is 10.3 Å². The van der Waals surface area contributed by atoms with Gasteiger partial charge in [0.25, 0.3) is 0 Å². The Morgan fingerprint density at radius 3 is 2.78 bits per heavy atom. The van der Waals surface area contributed by atoms with Gasteiger partial charge in [0.15, 0.2) is 9.84 Å². The molecule has 2 aromatic rings. The van der Waals surface area contributed by atoms with E-state index < -0.39 is 9.84 Å². The minimum atomic E-state index is -3.24. The highest BCUT2D eigenvalue weighted by atomic mass is 35.5. The number of sulfone groups is 1. The minimum Gasteiger partial charge on any atom is -0.253 e. The van der Waals surface area contributed by atoms with Crippen molar-refractivity contribution in [1.29, 1.82) is 0 Å². The molecule has 2 heterocycles. The van der Waals surface area contributed by atoms with Gasteiger partial charge in [0, 0.05) is 12.7 Å². The molecular weight excluding hydrogens is 294 g/mol. The van der Waals surface area contributed by atoms with Gasteiger partial charge in [-0.1, -0.05) is 16.8 Å². The summed E-state index contributed by atoms with van der Waals surface area (Å²) in [4.78, 5) is 0. The lowest BCUT2D eigenvalue weighted by Gasteiger charge is -1.99. The number of nitrogens with zero attached hydrogens (tertiary/aromatic N) is 3. The second kappa shape index (κ2) is 5.38. The first kappa shape index (κ1) is 13.5. The minimum absolute atomic E-state index is 0.0186. The zero-order chi connectivity index (χ0) is 13.2. The van der Waals surface area contributed by atoms with Gasteiger partial charge in [-0.3, -0.25) is 4.68 Å². The van der Waals surface area contributed by atoms with Crippen LogP contribution in [0.1, 0.15) is 18.2 Å². The van der Waals surface area contributed by atoms with Crippen LogP contribution in [-0.2, 0) is 27.9 Å². The van der Waals surface area contributed by atoms with Crippen molar-refractivity contribution in [1.82, 2.24) is 15.0 Å². The van der Waals surface area contributed by atoms with Crippen molar-refractivity contribution in [2.24, 2.45) is 0 Å². The lowest BCUT2D eigenvalue weighted by atomic mass is 10.4. The van der Waals surface area contributed by atoms with Crippen LogP contribution >= 0.6 is 22.9 Å². The molecule has 0 aliphatic heterocycles. The van der Waals surface area contributed by atoms with Gasteiger partial charge in [0.2, 0.25) is 0 Å². The summed E-state index contributed by atoms with van der Waals surface area (Å²) in [6, 6.07) is 1.67. The summed E-state index contributed by atoms with van der Waals surface area (Å²) in [6.07, 6.45) is 1.65. The van der Waals surface area contributed by atoms with Crippen LogP contribution in [0.15, 0.2) is 17.6 Å². The SMILES string of the molecule is CCn1cc(CS(=O)(=O)Cc2csc(Cl)c2)nn1. The molecule has 18 heavy (non-hydrogen) atoms. The van der Waals surface area contributed by atoms with Crippen molar-refractivity contribution in [2.45, 2.75) is 25.0 Å². The number of aryl methyl sites for hydroxylation is 1. The van der Waals surface area contributed by atoms with Crippen molar-refractivity contribution >= 4 is 32.8 Å². The van der Waals surface area contributed by atoms with Crippen LogP contribution in [0.25, 0.3) is 0 Å². The third-order valence-electron chi connectivity index (χ3n) is 2.29. The largest absolute Gasteiger partial charge is 0.253 e. The summed E-state index contributed by atoms with van der Waals surface area (Å²) in [5, 5.41) is 9.40. The van der Waals surface area contributed by atoms with E-state index in [0.29, 0.717) is 22.1 Å². The van der Waals surface area contributed by atoms with E-state index in [1.54, 1.807) is 22.3 Å². The zero-order valence-corrected chi connectivity index (χ0v) is 12.1. The highest BCUT2D eigenvalue weighted by Gasteiger charge is 2.16. The highest BCUT2D eigenvalue weighted by molar-refractivity contribution is 7.89. The molecule has 0 saturated carbocycles. The second-order valence-corrected chi connectivity index (χ2v) is 7.46. The predicted molar refractivity (Wildman–Crippen MR) is 71.4 cm³/mol. The fourth-order valence-corrected chi connectivity index (χ4v) is 3.88. The summed E-state index contributed by atoms with van der Waals surface area (Å²) < 4.78 is 26.1. The maximum Gasteiger partial charge on any atom is 0.160 e. The Morgan fingerprint density at radius 1 is 1.44 bits per heavy atom. The summed E-state index contributed by atoms with van der Waals surface area (Å²) >= 11 is 7.10. The van der Waals surface area contributed by atoms with Crippen LogP contribution in [0.2, 0.25) is 4.34 Å². The first-order valence-electron chi connectivity index (χ1n) is 5.31. The molecule has 0 aromatic carbocycles. The normalized spacial score (nSPS) is 11.9. The van der Waals surface area contributed by atoms with Gasteiger partial charge >= 0.3 is 0 Å². The second-order valence-electron chi connectivity index (χ2n) is 3.86. The highest BCUT2D eigenvalue weighted by Crippen LogP contribution is 2.22. The smallest absolute Gasteiger partial charge is 0.160 e. The number of rotatable bonds is 5. The Labute approximate surface area is 114 Å². The lowest BCUT2D eigenvalue weighted by Crippen LogP contribution is -2.07. The van der Waals surface area contributed by atoms with Crippen LogP contribution in [-0.4, -0.2) is 23.4 Å². The summed E-state index contributed by atoms with van der Waals surface area (Å²) in [6.45, 7) is 2.59. The molecule has 98 valence electrons. The number of hydrogen-bond acceptors (Lipinski definition) is 5. The third-order valence-corrected chi connectivity index (χ3v) is 4.93. The maximum absolute atomic E-state index is 12.0. The summed E-state index contributed by atoms with van der Waals surface area (Å²) in [5.41, 5.74) is 1.19. The van der Waals surface area contributed by atoms with Crippen molar-refractivity contribution in [3.63, 3.8) is 0 Å². The summed E-state index contributed by atoms with van der Waals surface area (Å²) in [7, 11) is -3.24. The Kier molecular flexibility index (Phi) is 4.04. The molecule has 0 aliphatic carbocycles. The molecular formula is C10H12ClN3O2S2. The first-order chi connectivity index (χ1) is 8.48. The number of aromatic nitrogens is 3. The third kappa shape index (κ3) is 3.54. The molecule has 0 unspecified atom stereocenters. The summed E-state index contributed by atoms with van der Waals surface area (Å²) in [5.74, 6) is -0.115. The van der Waals surface area contributed by atoms with Gasteiger partial charge in [0.05, 0.1) is 21.5 Å². The van der Waals surface area contributed by atoms with Gasteiger partial charge in [-0.15, -0.1) is 16.4 Å². The molecule has 0 N–H and O–H groups in total. The van der Waals surface area contributed by atoms with E-state index in [4.69, 9.17) is 11.6 Å². The molecule has 2 aromatic heterocycles. The van der Waals surface area contributed by atoms with Crippen molar-refractivity contribution in [3.05, 3.63) is 33.2 Å². The van der Waals surface area contributed by atoms with E-state index in [1.807, 2.05) is 6.92 Å². The van der Waals surface area contributed by atoms with Crippen molar-refractivity contribution < 1.29 is 8.42 Å². The van der Waals surface area contributed by atoms with Crippen molar-refractivity contribution in [2.75, 3.05) is 0 Å². The van der Waals surface area contributed by atoms with Gasteiger partial charge < -0.3 is 0 Å². The van der Waals surface area contributed by atoms with Crippen LogP contribution in [0.3, 0.4) is 0 Å². The Hall–Kier alpha value is -0.920. The molecule has 0 fully saturated rings. The predicted octanol–water partition coefficient (Wildman–Crippen LogP) is 2.13. The van der Waals surface area contributed by atoms with Crippen molar-refractivity contribution in [3.8, 4) is 0 Å². The van der Waals surface area contributed by atoms with E-state index >= 15 is 0 Å². The Bertz CT molecular complexity index is 633. The molecule has 0 spiro atoms. The van der Waals surface area contributed by atoms with Gasteiger partial charge in [0.1, 0.15) is 0 Å². The number of thiophene rings is 1. The van der Waals surface area contributed by atoms with E-state index in [1.165, 1.54) is 11.3 Å². The Balaban J connectivity index is 2.07. The Morgan fingerprint density at radius 2 is 2.22 bits per heavy atom. The fourth-order valence-electron chi connectivity index (χ4n) is 1.51. The van der Waals surface area contributed by atoms with E-state index in [0.717, 1.165) is 0 Å². The molecule has 0 amide bonds. The monoisotopic (exact) mass is 305 g/mol. The number of halogens is 1. The van der Waals surface area contributed by atoms with Crippen LogP contribution in [0.5, 0.6) is 0 Å². The van der Waals surface area contributed by atoms with Crippen LogP contribution < -0.4 is 0 Å². The molecule has 5 nitrogen and oxygen atoms in total. The molecule has 0 aliphatic rings. The van der Waals surface area contributed by atoms with E-state index in [-0.39, 0.29) is 11.5 Å². The fraction of sp³-hybridized carbons (Fsp3) is 0.400. The standard InChI is InChI=1S/C10H12ClN3O2S2/c1-2-14-4-9(12-13-14)7-18(15,16)6-8-3-10(11)17-5-8/h3-5H,2,6-7H2,1H3. The molecule has 8 heteroatoms. The zero-order valence-electron chi connectivity index (χ0n) is 9.71. The van der Waals surface area contributed by atoms with E-state index in [9.17, 15) is 8.42 Å². The van der Waals surface area contributed by atoms with Gasteiger partial charge in [-0.2, -0.15) is 0 Å². The van der Waals surface area contributed by atoms with Gasteiger partial charge in [-0.25, -0.2) is 8.42 Å². The molecule has 2 rings (SSSR count). The van der Waals surface area contributed by atoms with Gasteiger partial charge in [-0.05, 0) is 23.9 Å². The average Bonchev–Trinajstić information content (AvgIpc) is 2.86. The average molecular weight is 306 g/mol. The first-order valence-corrected chi connectivity index (χ1v) is 8.39. The lowest BCUT2D eigenvalue weighted by molar-refractivity contribution is 0.593. The topological polar surface area (TPSA) is 64.8 Å². The molecule has 0 bridgehead atoms. The molecule has 0 radical (unpaired) electrons.